The van der Waals surface area contributed by atoms with Gasteiger partial charge in [-0.15, -0.1) is 0 Å². The molecule has 2 aromatic heterocycles. The van der Waals surface area contributed by atoms with Gasteiger partial charge in [-0.2, -0.15) is 0 Å². The minimum atomic E-state index is 1.25. The highest BCUT2D eigenvalue weighted by molar-refractivity contribution is 5.46. The predicted molar refractivity (Wildman–Crippen MR) is 68.0 cm³/mol. The first kappa shape index (κ1) is 10.3. The lowest BCUT2D eigenvalue weighted by molar-refractivity contribution is 1.20. The van der Waals surface area contributed by atoms with Crippen LogP contribution in [-0.2, 0) is 0 Å². The number of pyridine rings is 1. The van der Waals surface area contributed by atoms with Crippen molar-refractivity contribution in [2.45, 2.75) is 0 Å². The Balaban J connectivity index is 0.000000125. The van der Waals surface area contributed by atoms with E-state index in [0.29, 0.717) is 0 Å². The topological polar surface area (TPSA) is 16.4 Å². The SMILES string of the molecule is C1=CC=CNC=C1.c1ccn2cccc2c1. The van der Waals surface area contributed by atoms with Crippen LogP contribution in [0, 0.1) is 0 Å². The van der Waals surface area contributed by atoms with Crippen LogP contribution in [0.25, 0.3) is 5.52 Å². The van der Waals surface area contributed by atoms with E-state index in [-0.39, 0.29) is 0 Å². The molecule has 3 heterocycles. The van der Waals surface area contributed by atoms with Crippen molar-refractivity contribution in [2.24, 2.45) is 0 Å². The van der Waals surface area contributed by atoms with Crippen molar-refractivity contribution in [3.63, 3.8) is 0 Å². The summed E-state index contributed by atoms with van der Waals surface area (Å²) in [6.07, 6.45) is 15.7. The zero-order valence-corrected chi connectivity index (χ0v) is 8.95. The Morgan fingerprint density at radius 3 is 2.19 bits per heavy atom. The lowest BCUT2D eigenvalue weighted by Gasteiger charge is -1.88. The van der Waals surface area contributed by atoms with Crippen LogP contribution >= 0.6 is 0 Å². The maximum atomic E-state index is 2.92. The summed E-state index contributed by atoms with van der Waals surface area (Å²) in [4.78, 5) is 0. The molecule has 0 amide bonds. The molecule has 0 atom stereocenters. The van der Waals surface area contributed by atoms with Gasteiger partial charge in [-0.1, -0.05) is 18.2 Å². The van der Waals surface area contributed by atoms with E-state index in [0.717, 1.165) is 0 Å². The third kappa shape index (κ3) is 2.89. The number of aromatic nitrogens is 1. The lowest BCUT2D eigenvalue weighted by Crippen LogP contribution is -1.87. The fourth-order valence-electron chi connectivity index (χ4n) is 1.39. The second-order valence-electron chi connectivity index (χ2n) is 3.31. The Bertz CT molecular complexity index is 474. The van der Waals surface area contributed by atoms with Crippen LogP contribution in [0.3, 0.4) is 0 Å². The first-order valence-electron chi connectivity index (χ1n) is 5.23. The van der Waals surface area contributed by atoms with Crippen molar-refractivity contribution in [3.8, 4) is 0 Å². The summed E-state index contributed by atoms with van der Waals surface area (Å²) in [5, 5.41) is 2.92. The molecule has 0 aromatic carbocycles. The van der Waals surface area contributed by atoms with Gasteiger partial charge in [-0.3, -0.25) is 0 Å². The van der Waals surface area contributed by atoms with E-state index in [1.54, 1.807) is 0 Å². The highest BCUT2D eigenvalue weighted by Gasteiger charge is 1.83. The van der Waals surface area contributed by atoms with E-state index >= 15 is 0 Å². The minimum Gasteiger partial charge on any atom is -0.368 e. The first-order chi connectivity index (χ1) is 7.97. The summed E-state index contributed by atoms with van der Waals surface area (Å²) in [7, 11) is 0. The van der Waals surface area contributed by atoms with Gasteiger partial charge < -0.3 is 9.72 Å². The summed E-state index contributed by atoms with van der Waals surface area (Å²) in [5.74, 6) is 0. The monoisotopic (exact) mass is 210 g/mol. The predicted octanol–water partition coefficient (Wildman–Crippen LogP) is 3.11. The molecule has 1 aliphatic rings. The molecule has 1 N–H and O–H groups in total. The van der Waals surface area contributed by atoms with Crippen molar-refractivity contribution in [2.75, 3.05) is 0 Å². The number of hydrogen-bond acceptors (Lipinski definition) is 1. The normalized spacial score (nSPS) is 12.8. The molecule has 0 aliphatic carbocycles. The lowest BCUT2D eigenvalue weighted by atomic mass is 10.4. The van der Waals surface area contributed by atoms with E-state index in [2.05, 4.69) is 21.9 Å². The Kier molecular flexibility index (Phi) is 3.61. The van der Waals surface area contributed by atoms with E-state index in [1.807, 2.05) is 67.3 Å². The molecule has 0 fully saturated rings. The molecule has 0 radical (unpaired) electrons. The van der Waals surface area contributed by atoms with Crippen LogP contribution in [0.2, 0.25) is 0 Å². The van der Waals surface area contributed by atoms with Crippen molar-refractivity contribution in [1.82, 2.24) is 9.72 Å². The number of nitrogens with zero attached hydrogens (tertiary/aromatic N) is 1. The summed E-state index contributed by atoms with van der Waals surface area (Å²) in [6.45, 7) is 0. The van der Waals surface area contributed by atoms with E-state index in [4.69, 9.17) is 0 Å². The third-order valence-corrected chi connectivity index (χ3v) is 2.15. The molecule has 3 rings (SSSR count). The highest BCUT2D eigenvalue weighted by atomic mass is 14.8. The summed E-state index contributed by atoms with van der Waals surface area (Å²) in [6, 6.07) is 10.3. The number of fused-ring (bicyclic) bond motifs is 1. The summed E-state index contributed by atoms with van der Waals surface area (Å²) >= 11 is 0. The summed E-state index contributed by atoms with van der Waals surface area (Å²) < 4.78 is 2.08. The van der Waals surface area contributed by atoms with Crippen LogP contribution in [0.1, 0.15) is 0 Å². The molecule has 80 valence electrons. The van der Waals surface area contributed by atoms with Crippen LogP contribution in [0.15, 0.2) is 79.4 Å². The molecule has 2 heteroatoms. The average molecular weight is 210 g/mol. The van der Waals surface area contributed by atoms with Crippen molar-refractivity contribution in [1.29, 1.82) is 0 Å². The van der Waals surface area contributed by atoms with Gasteiger partial charge in [0.2, 0.25) is 0 Å². The Morgan fingerprint density at radius 2 is 1.44 bits per heavy atom. The van der Waals surface area contributed by atoms with Gasteiger partial charge in [0.1, 0.15) is 0 Å². The minimum absolute atomic E-state index is 1.25. The van der Waals surface area contributed by atoms with Gasteiger partial charge in [0.25, 0.3) is 0 Å². The smallest absolute Gasteiger partial charge is 0.0449 e. The second kappa shape index (κ2) is 5.61. The van der Waals surface area contributed by atoms with E-state index < -0.39 is 0 Å². The molecular weight excluding hydrogens is 196 g/mol. The first-order valence-corrected chi connectivity index (χ1v) is 5.23. The highest BCUT2D eigenvalue weighted by Crippen LogP contribution is 2.01. The third-order valence-electron chi connectivity index (χ3n) is 2.15. The largest absolute Gasteiger partial charge is 0.368 e. The number of rotatable bonds is 0. The van der Waals surface area contributed by atoms with Crippen LogP contribution < -0.4 is 5.32 Å². The Morgan fingerprint density at radius 1 is 0.750 bits per heavy atom. The van der Waals surface area contributed by atoms with Crippen molar-refractivity contribution in [3.05, 3.63) is 79.4 Å². The Labute approximate surface area is 95.2 Å². The van der Waals surface area contributed by atoms with Crippen LogP contribution in [-0.4, -0.2) is 4.40 Å². The van der Waals surface area contributed by atoms with Gasteiger partial charge in [0.05, 0.1) is 0 Å². The molecule has 0 saturated heterocycles. The molecule has 0 saturated carbocycles. The molecule has 0 unspecified atom stereocenters. The fraction of sp³-hybridized carbons (Fsp3) is 0. The van der Waals surface area contributed by atoms with Crippen molar-refractivity contribution >= 4 is 5.52 Å². The average Bonchev–Trinajstić information content (AvgIpc) is 2.61. The zero-order chi connectivity index (χ0) is 11.1. The van der Waals surface area contributed by atoms with Gasteiger partial charge >= 0.3 is 0 Å². The molecule has 2 nitrogen and oxygen atoms in total. The number of hydrogen-bond donors (Lipinski definition) is 1. The standard InChI is InChI=1S/C8H7N.C6H7N/c1-2-6-9-7-3-5-8(9)4-1;1-2-4-6-7-5-3-1/h1-7H;1-7H. The quantitative estimate of drug-likeness (QED) is 0.706. The van der Waals surface area contributed by atoms with E-state index in [1.165, 1.54) is 5.52 Å². The second-order valence-corrected chi connectivity index (χ2v) is 3.31. The van der Waals surface area contributed by atoms with Gasteiger partial charge in [0, 0.05) is 30.3 Å². The zero-order valence-electron chi connectivity index (χ0n) is 8.95. The molecule has 0 spiro atoms. The maximum Gasteiger partial charge on any atom is 0.0449 e. The number of allylic oxidation sites excluding steroid dienone is 4. The van der Waals surface area contributed by atoms with E-state index in [9.17, 15) is 0 Å². The molecular formula is C14H14N2. The Hall–Kier alpha value is -2.22. The van der Waals surface area contributed by atoms with Gasteiger partial charge in [-0.05, 0) is 36.4 Å². The maximum absolute atomic E-state index is 2.92. The molecule has 2 aromatic rings. The molecule has 1 aliphatic heterocycles. The summed E-state index contributed by atoms with van der Waals surface area (Å²) in [5.41, 5.74) is 1.25. The van der Waals surface area contributed by atoms with Crippen LogP contribution in [0.4, 0.5) is 0 Å². The van der Waals surface area contributed by atoms with Crippen molar-refractivity contribution < 1.29 is 0 Å². The fourth-order valence-corrected chi connectivity index (χ4v) is 1.39. The van der Waals surface area contributed by atoms with Gasteiger partial charge in [0.15, 0.2) is 0 Å². The molecule has 0 bridgehead atoms. The number of nitrogens with one attached hydrogen (secondary N) is 1. The van der Waals surface area contributed by atoms with Crippen LogP contribution in [0.5, 0.6) is 0 Å². The van der Waals surface area contributed by atoms with Gasteiger partial charge in [-0.25, -0.2) is 0 Å². The molecule has 16 heavy (non-hydrogen) atoms.